The number of imidazole rings is 1. The molecule has 0 fully saturated rings. The van der Waals surface area contributed by atoms with Crippen molar-refractivity contribution < 1.29 is 33.3 Å². The highest BCUT2D eigenvalue weighted by atomic mass is 31.2. The summed E-state index contributed by atoms with van der Waals surface area (Å²) >= 11 is 0. The lowest BCUT2D eigenvalue weighted by Gasteiger charge is -2.31. The predicted molar refractivity (Wildman–Crippen MR) is 114 cm³/mol. The first-order valence-corrected chi connectivity index (χ1v) is 11.1. The molecule has 14 heteroatoms. The molecule has 0 aliphatic carbocycles. The molecule has 3 aromatic rings. The van der Waals surface area contributed by atoms with E-state index >= 15 is 0 Å². The third-order valence-corrected chi connectivity index (χ3v) is 5.69. The maximum Gasteiger partial charge on any atom is 0.396 e. The van der Waals surface area contributed by atoms with Gasteiger partial charge in [-0.1, -0.05) is 12.1 Å². The van der Waals surface area contributed by atoms with Crippen molar-refractivity contribution in [1.82, 2.24) is 19.5 Å². The number of H-pyrrole nitrogens is 1. The molecule has 1 aromatic carbocycles. The summed E-state index contributed by atoms with van der Waals surface area (Å²) in [5.74, 6) is -0.0557. The van der Waals surface area contributed by atoms with E-state index in [1.165, 1.54) is 19.2 Å². The number of anilines is 1. The maximum absolute atomic E-state index is 12.8. The minimum absolute atomic E-state index is 0.0222. The molecule has 174 valence electrons. The fourth-order valence-corrected chi connectivity index (χ4v) is 3.38. The monoisotopic (exact) mass is 469 g/mol. The first-order chi connectivity index (χ1) is 15.1. The average molecular weight is 469 g/mol. The Morgan fingerprint density at radius 3 is 2.62 bits per heavy atom. The largest absolute Gasteiger partial charge is 0.461 e. The van der Waals surface area contributed by atoms with Gasteiger partial charge in [-0.3, -0.25) is 4.57 Å². The van der Waals surface area contributed by atoms with E-state index < -0.39 is 18.8 Å². The predicted octanol–water partition coefficient (Wildman–Crippen LogP) is 0.983. The Kier molecular flexibility index (Phi) is 6.86. The van der Waals surface area contributed by atoms with Gasteiger partial charge in [0.2, 0.25) is 0 Å². The van der Waals surface area contributed by atoms with E-state index in [9.17, 15) is 19.1 Å². The Bertz CT molecular complexity index is 1210. The number of nitrogens with two attached hydrogens (primary N) is 1. The van der Waals surface area contributed by atoms with Gasteiger partial charge in [-0.2, -0.15) is 9.97 Å². The summed E-state index contributed by atoms with van der Waals surface area (Å²) in [6.45, 7) is 3.11. The molecule has 0 amide bonds. The first kappa shape index (κ1) is 23.7. The van der Waals surface area contributed by atoms with Crippen molar-refractivity contribution in [3.05, 3.63) is 34.7 Å². The van der Waals surface area contributed by atoms with Gasteiger partial charge in [0, 0.05) is 20.6 Å². The van der Waals surface area contributed by atoms with Crippen LogP contribution in [0.4, 0.5) is 5.82 Å². The second-order valence-corrected chi connectivity index (χ2v) is 8.54. The summed E-state index contributed by atoms with van der Waals surface area (Å²) in [7, 11) is -3.36. The van der Waals surface area contributed by atoms with Crippen molar-refractivity contribution in [2.24, 2.45) is 0 Å². The SMILES string of the molecule is CCOC(C)(Oc1ccccc1-n1c(=O)[nH]c2c(N)nc(OCCOC)nc21)P(=O)(O)O. The van der Waals surface area contributed by atoms with Crippen LogP contribution in [0.5, 0.6) is 11.8 Å². The first-order valence-electron chi connectivity index (χ1n) is 9.49. The van der Waals surface area contributed by atoms with E-state index in [0.717, 1.165) is 11.5 Å². The molecule has 13 nitrogen and oxygen atoms in total. The normalized spacial score (nSPS) is 13.8. The van der Waals surface area contributed by atoms with Crippen LogP contribution in [0.25, 0.3) is 16.9 Å². The van der Waals surface area contributed by atoms with Gasteiger partial charge in [-0.05, 0) is 19.1 Å². The van der Waals surface area contributed by atoms with Crippen LogP contribution >= 0.6 is 7.60 Å². The minimum atomic E-state index is -4.87. The summed E-state index contributed by atoms with van der Waals surface area (Å²) in [6, 6.07) is 6.07. The number of hydrogen-bond donors (Lipinski definition) is 4. The van der Waals surface area contributed by atoms with Crippen LogP contribution in [-0.4, -0.2) is 61.8 Å². The van der Waals surface area contributed by atoms with E-state index in [4.69, 9.17) is 24.7 Å². The molecule has 0 radical (unpaired) electrons. The van der Waals surface area contributed by atoms with Crippen LogP contribution in [0.1, 0.15) is 13.8 Å². The molecular formula is C18H24N5O8P. The molecule has 0 aliphatic heterocycles. The highest BCUT2D eigenvalue weighted by Crippen LogP contribution is 2.52. The van der Waals surface area contributed by atoms with Crippen molar-refractivity contribution in [3.63, 3.8) is 0 Å². The van der Waals surface area contributed by atoms with Crippen LogP contribution < -0.4 is 20.9 Å². The Morgan fingerprint density at radius 2 is 1.97 bits per heavy atom. The topological polar surface area (TPSA) is 184 Å². The van der Waals surface area contributed by atoms with Crippen molar-refractivity contribution in [2.45, 2.75) is 19.4 Å². The summed E-state index contributed by atoms with van der Waals surface area (Å²) < 4.78 is 34.4. The number of benzene rings is 1. The van der Waals surface area contributed by atoms with E-state index in [1.54, 1.807) is 19.1 Å². The summed E-state index contributed by atoms with van der Waals surface area (Å²) in [4.78, 5) is 43.2. The number of hydrogen-bond acceptors (Lipinski definition) is 9. The molecule has 0 saturated heterocycles. The zero-order chi connectivity index (χ0) is 23.5. The highest BCUT2D eigenvalue weighted by Gasteiger charge is 2.47. The second-order valence-electron chi connectivity index (χ2n) is 6.64. The molecule has 32 heavy (non-hydrogen) atoms. The number of ether oxygens (including phenoxy) is 4. The molecule has 0 saturated carbocycles. The van der Waals surface area contributed by atoms with Gasteiger partial charge >= 0.3 is 24.8 Å². The lowest BCUT2D eigenvalue weighted by Crippen LogP contribution is -2.36. The Morgan fingerprint density at radius 1 is 1.25 bits per heavy atom. The average Bonchev–Trinajstić information content (AvgIpc) is 3.04. The molecule has 2 heterocycles. The molecule has 3 rings (SSSR count). The maximum atomic E-state index is 12.8. The van der Waals surface area contributed by atoms with Gasteiger partial charge in [0.15, 0.2) is 11.5 Å². The fraction of sp³-hybridized carbons (Fsp3) is 0.389. The van der Waals surface area contributed by atoms with Gasteiger partial charge in [-0.15, -0.1) is 0 Å². The number of nitrogens with one attached hydrogen (secondary N) is 1. The summed E-state index contributed by atoms with van der Waals surface area (Å²) in [5.41, 5.74) is 3.44. The number of nitrogen functional groups attached to an aromatic ring is 1. The quantitative estimate of drug-likeness (QED) is 0.188. The number of aromatic amines is 1. The zero-order valence-corrected chi connectivity index (χ0v) is 18.5. The number of nitrogens with zero attached hydrogens (tertiary/aromatic N) is 3. The van der Waals surface area contributed by atoms with Crippen molar-refractivity contribution in [3.8, 4) is 17.4 Å². The van der Waals surface area contributed by atoms with Gasteiger partial charge in [0.25, 0.3) is 0 Å². The molecule has 1 unspecified atom stereocenters. The lowest BCUT2D eigenvalue weighted by molar-refractivity contribution is -0.116. The third-order valence-electron chi connectivity index (χ3n) is 4.41. The number of rotatable bonds is 10. The van der Waals surface area contributed by atoms with E-state index in [2.05, 4.69) is 15.0 Å². The van der Waals surface area contributed by atoms with Crippen LogP contribution in [0.3, 0.4) is 0 Å². The highest BCUT2D eigenvalue weighted by molar-refractivity contribution is 7.53. The smallest absolute Gasteiger partial charge is 0.396 e. The number of fused-ring (bicyclic) bond motifs is 1. The number of aromatic nitrogens is 4. The van der Waals surface area contributed by atoms with Crippen LogP contribution in [-0.2, 0) is 14.0 Å². The van der Waals surface area contributed by atoms with Crippen LogP contribution in [0, 0.1) is 0 Å². The molecule has 5 N–H and O–H groups in total. The molecule has 0 bridgehead atoms. The third kappa shape index (κ3) is 4.61. The standard InChI is InChI=1S/C18H24N5O8P/c1-4-30-18(2,32(25,26)27)31-12-8-6-5-7-11(12)23-15-13(20-17(23)24)14(19)21-16(22-15)29-10-9-28-3/h5-8H,4,9-10H2,1-3H3,(H,20,24)(H2,19,21,22)(H2,25,26,27). The molecule has 2 aromatic heterocycles. The number of para-hydroxylation sites is 2. The molecule has 0 spiro atoms. The van der Waals surface area contributed by atoms with Gasteiger partial charge < -0.3 is 39.5 Å². The van der Waals surface area contributed by atoms with E-state index in [-0.39, 0.29) is 54.2 Å². The summed E-state index contributed by atoms with van der Waals surface area (Å²) in [5, 5.41) is 0. The van der Waals surface area contributed by atoms with Gasteiger partial charge in [-0.25, -0.2) is 9.36 Å². The van der Waals surface area contributed by atoms with E-state index in [0.29, 0.717) is 0 Å². The Hall–Kier alpha value is -2.96. The molecule has 0 aliphatic rings. The minimum Gasteiger partial charge on any atom is -0.461 e. The van der Waals surface area contributed by atoms with Gasteiger partial charge in [0.05, 0.1) is 12.3 Å². The Labute approximate surface area is 182 Å². The van der Waals surface area contributed by atoms with Gasteiger partial charge in [0.1, 0.15) is 17.9 Å². The van der Waals surface area contributed by atoms with Crippen molar-refractivity contribution in [1.29, 1.82) is 0 Å². The zero-order valence-electron chi connectivity index (χ0n) is 17.6. The lowest BCUT2D eigenvalue weighted by atomic mass is 10.3. The fourth-order valence-electron chi connectivity index (χ4n) is 2.86. The summed E-state index contributed by atoms with van der Waals surface area (Å²) in [6.07, 6.45) is 0. The van der Waals surface area contributed by atoms with Crippen molar-refractivity contribution >= 4 is 24.6 Å². The number of methoxy groups -OCH3 is 1. The second kappa shape index (κ2) is 9.27. The van der Waals surface area contributed by atoms with E-state index in [1.807, 2.05) is 0 Å². The Balaban J connectivity index is 2.15. The van der Waals surface area contributed by atoms with Crippen LogP contribution in [0.15, 0.2) is 29.1 Å². The van der Waals surface area contributed by atoms with Crippen LogP contribution in [0.2, 0.25) is 0 Å². The molecular weight excluding hydrogens is 445 g/mol. The van der Waals surface area contributed by atoms with Crippen molar-refractivity contribution in [2.75, 3.05) is 32.7 Å². The molecule has 1 atom stereocenters.